The minimum Gasteiger partial charge on any atom is -0.489 e. The first-order chi connectivity index (χ1) is 20.8. The zero-order chi connectivity index (χ0) is 30.5. The summed E-state index contributed by atoms with van der Waals surface area (Å²) in [7, 11) is 1.27. The Hall–Kier alpha value is -4.16. The summed E-state index contributed by atoms with van der Waals surface area (Å²) in [5.74, 6) is 6.98. The number of esters is 1. The van der Waals surface area contributed by atoms with Crippen molar-refractivity contribution < 1.29 is 28.3 Å². The Labute approximate surface area is 263 Å². The number of nitrogens with one attached hydrogen (secondary N) is 1. The van der Waals surface area contributed by atoms with Crippen molar-refractivity contribution in [1.29, 1.82) is 0 Å². The number of nitrogens with zero attached hydrogens (tertiary/aromatic N) is 1. The zero-order valence-electron chi connectivity index (χ0n) is 23.1. The monoisotopic (exact) mass is 638 g/mol. The highest BCUT2D eigenvalue weighted by molar-refractivity contribution is 6.39. The molecule has 1 heterocycles. The second-order valence-corrected chi connectivity index (χ2v) is 10.8. The predicted octanol–water partition coefficient (Wildman–Crippen LogP) is 8.51. The predicted molar refractivity (Wildman–Crippen MR) is 164 cm³/mol. The van der Waals surface area contributed by atoms with Gasteiger partial charge in [0.2, 0.25) is 0 Å². The molecule has 1 aliphatic carbocycles. The molecule has 1 aliphatic rings. The first-order valence-corrected chi connectivity index (χ1v) is 14.4. The summed E-state index contributed by atoms with van der Waals surface area (Å²) in [6.07, 6.45) is 1.37. The smallest absolute Gasteiger partial charge is 0.411 e. The molecule has 1 N–H and O–H groups in total. The van der Waals surface area contributed by atoms with Crippen molar-refractivity contribution >= 4 is 52.6 Å². The number of halogens is 3. The number of carbonyl (C=O) groups is 2. The number of hydrogen-bond donors (Lipinski definition) is 1. The summed E-state index contributed by atoms with van der Waals surface area (Å²) >= 11 is 19.5. The molecule has 0 radical (unpaired) electrons. The van der Waals surface area contributed by atoms with Gasteiger partial charge in [-0.2, -0.15) is 0 Å². The minimum atomic E-state index is -0.653. The van der Waals surface area contributed by atoms with Crippen LogP contribution in [0, 0.1) is 11.8 Å². The third-order valence-electron chi connectivity index (χ3n) is 6.51. The number of carbonyl (C=O) groups excluding carboxylic acids is 2. The normalized spacial score (nSPS) is 12.2. The molecular weight excluding hydrogens is 615 g/mol. The molecule has 0 spiro atoms. The Kier molecular flexibility index (Phi) is 9.46. The lowest BCUT2D eigenvalue weighted by atomic mass is 10.0. The summed E-state index contributed by atoms with van der Waals surface area (Å²) in [6.45, 7) is 2.06. The molecule has 4 aromatic rings. The second-order valence-electron chi connectivity index (χ2n) is 9.56. The van der Waals surface area contributed by atoms with E-state index in [9.17, 15) is 9.59 Å². The van der Waals surface area contributed by atoms with Gasteiger partial charge >= 0.3 is 12.1 Å². The maximum Gasteiger partial charge on any atom is 0.411 e. The van der Waals surface area contributed by atoms with E-state index in [0.29, 0.717) is 48.9 Å². The van der Waals surface area contributed by atoms with Gasteiger partial charge in [0.05, 0.1) is 39.9 Å². The van der Waals surface area contributed by atoms with Gasteiger partial charge in [-0.05, 0) is 62.2 Å². The fourth-order valence-corrected chi connectivity index (χ4v) is 5.12. The largest absolute Gasteiger partial charge is 0.489 e. The lowest BCUT2D eigenvalue weighted by Gasteiger charge is -2.10. The topological polar surface area (TPSA) is 99.9 Å². The molecule has 1 aromatic heterocycles. The van der Waals surface area contributed by atoms with E-state index in [1.54, 1.807) is 55.5 Å². The maximum absolute atomic E-state index is 12.2. The van der Waals surface area contributed by atoms with Crippen LogP contribution in [0.5, 0.6) is 5.75 Å². The number of anilines is 1. The van der Waals surface area contributed by atoms with Crippen molar-refractivity contribution in [1.82, 2.24) is 5.16 Å². The summed E-state index contributed by atoms with van der Waals surface area (Å²) in [6, 6.07) is 15.1. The van der Waals surface area contributed by atoms with Crippen molar-refractivity contribution in [3.63, 3.8) is 0 Å². The number of methoxy groups -OCH3 is 1. The molecule has 1 fully saturated rings. The molecule has 1 saturated carbocycles. The van der Waals surface area contributed by atoms with Gasteiger partial charge in [-0.15, -0.1) is 0 Å². The van der Waals surface area contributed by atoms with Crippen LogP contribution in [0.3, 0.4) is 0 Å². The van der Waals surface area contributed by atoms with E-state index in [1.165, 1.54) is 13.2 Å². The molecule has 3 aromatic carbocycles. The van der Waals surface area contributed by atoms with Crippen LogP contribution in [0.1, 0.15) is 58.5 Å². The van der Waals surface area contributed by atoms with E-state index in [0.717, 1.165) is 24.2 Å². The molecule has 8 nitrogen and oxygen atoms in total. The summed E-state index contributed by atoms with van der Waals surface area (Å²) in [5.41, 5.74) is 3.47. The first kappa shape index (κ1) is 30.3. The third kappa shape index (κ3) is 7.26. The average molecular weight is 640 g/mol. The lowest BCUT2D eigenvalue weighted by molar-refractivity contribution is 0.0600. The van der Waals surface area contributed by atoms with Crippen LogP contribution in [0.15, 0.2) is 59.1 Å². The van der Waals surface area contributed by atoms with Crippen molar-refractivity contribution in [2.75, 3.05) is 19.0 Å². The van der Waals surface area contributed by atoms with E-state index >= 15 is 0 Å². The van der Waals surface area contributed by atoms with E-state index in [-0.39, 0.29) is 24.7 Å². The number of aromatic nitrogens is 1. The van der Waals surface area contributed by atoms with Crippen LogP contribution < -0.4 is 10.1 Å². The molecule has 0 saturated heterocycles. The fourth-order valence-electron chi connectivity index (χ4n) is 4.32. The third-order valence-corrected chi connectivity index (χ3v) is 7.45. The molecule has 11 heteroatoms. The van der Waals surface area contributed by atoms with Gasteiger partial charge in [0.25, 0.3) is 0 Å². The highest BCUT2D eigenvalue weighted by Crippen LogP contribution is 2.46. The first-order valence-electron chi connectivity index (χ1n) is 13.3. The number of rotatable bonds is 8. The standard InChI is InChI=1S/C32H25Cl3N2O6/c1-3-41-32(39)36-22-14-18(13-21(15-22)31(38)40-2)7-8-19-11-12-23(16-27(19)35)42-17-24-29(37-43-30(24)20-9-10-20)28-25(33)5-4-6-26(28)34/h4-6,11-16,20H,3,9-10,17H2,1-2H3,(H,36,39). The van der Waals surface area contributed by atoms with Crippen molar-refractivity contribution in [3.05, 3.63) is 97.7 Å². The van der Waals surface area contributed by atoms with Gasteiger partial charge in [-0.3, -0.25) is 5.32 Å². The molecule has 0 bridgehead atoms. The molecule has 0 aliphatic heterocycles. The lowest BCUT2D eigenvalue weighted by Crippen LogP contribution is -2.14. The van der Waals surface area contributed by atoms with Gasteiger partial charge in [0.1, 0.15) is 23.8 Å². The van der Waals surface area contributed by atoms with E-state index in [4.69, 9.17) is 53.5 Å². The summed E-state index contributed by atoms with van der Waals surface area (Å²) in [4.78, 5) is 24.1. The molecule has 0 unspecified atom stereocenters. The summed E-state index contributed by atoms with van der Waals surface area (Å²) < 4.78 is 21.6. The van der Waals surface area contributed by atoms with Gasteiger partial charge < -0.3 is 18.7 Å². The quantitative estimate of drug-likeness (QED) is 0.152. The van der Waals surface area contributed by atoms with Crippen LogP contribution >= 0.6 is 34.8 Å². The molecular formula is C32H25Cl3N2O6. The van der Waals surface area contributed by atoms with Crippen molar-refractivity contribution in [2.45, 2.75) is 32.3 Å². The number of ether oxygens (including phenoxy) is 3. The Bertz CT molecular complexity index is 1730. The molecule has 0 atom stereocenters. The van der Waals surface area contributed by atoms with Gasteiger partial charge in [-0.25, -0.2) is 9.59 Å². The van der Waals surface area contributed by atoms with Crippen LogP contribution in [-0.2, 0) is 16.1 Å². The van der Waals surface area contributed by atoms with E-state index < -0.39 is 12.1 Å². The van der Waals surface area contributed by atoms with Gasteiger partial charge in [0.15, 0.2) is 0 Å². The van der Waals surface area contributed by atoms with E-state index in [1.807, 2.05) is 0 Å². The van der Waals surface area contributed by atoms with Gasteiger partial charge in [-0.1, -0.05) is 57.9 Å². The summed E-state index contributed by atoms with van der Waals surface area (Å²) in [5, 5.41) is 8.17. The van der Waals surface area contributed by atoms with Gasteiger partial charge in [0, 0.05) is 34.4 Å². The van der Waals surface area contributed by atoms with E-state index in [2.05, 4.69) is 22.3 Å². The second kappa shape index (κ2) is 13.4. The number of benzene rings is 3. The molecule has 220 valence electrons. The highest BCUT2D eigenvalue weighted by Gasteiger charge is 2.33. The average Bonchev–Trinajstić information content (AvgIpc) is 3.75. The minimum absolute atomic E-state index is 0.171. The van der Waals surface area contributed by atoms with Crippen LogP contribution in [0.2, 0.25) is 15.1 Å². The molecule has 5 rings (SSSR count). The highest BCUT2D eigenvalue weighted by atomic mass is 35.5. The molecule has 1 amide bonds. The number of amides is 1. The fraction of sp³-hybridized carbons (Fsp3) is 0.219. The molecule has 43 heavy (non-hydrogen) atoms. The Morgan fingerprint density at radius 1 is 1.02 bits per heavy atom. The Morgan fingerprint density at radius 3 is 2.47 bits per heavy atom. The number of hydrogen-bond acceptors (Lipinski definition) is 7. The zero-order valence-corrected chi connectivity index (χ0v) is 25.4. The van der Waals surface area contributed by atoms with Crippen molar-refractivity contribution in [3.8, 4) is 28.8 Å². The Balaban J connectivity index is 1.36. The van der Waals surface area contributed by atoms with Crippen LogP contribution in [-0.4, -0.2) is 30.9 Å². The van der Waals surface area contributed by atoms with Crippen LogP contribution in [0.4, 0.5) is 10.5 Å². The van der Waals surface area contributed by atoms with Crippen LogP contribution in [0.25, 0.3) is 11.3 Å². The SMILES string of the molecule is CCOC(=O)Nc1cc(C#Cc2ccc(OCc3c(-c4c(Cl)cccc4Cl)noc3C3CC3)cc2Cl)cc(C(=O)OC)c1. The maximum atomic E-state index is 12.2. The van der Waals surface area contributed by atoms with Crippen molar-refractivity contribution in [2.24, 2.45) is 0 Å². The Morgan fingerprint density at radius 2 is 1.79 bits per heavy atom.